The van der Waals surface area contributed by atoms with E-state index in [1.54, 1.807) is 0 Å². The summed E-state index contributed by atoms with van der Waals surface area (Å²) in [6.07, 6.45) is 26.9. The molecule has 2 nitrogen and oxygen atoms in total. The highest BCUT2D eigenvalue weighted by Crippen LogP contribution is 2.13. The third kappa shape index (κ3) is 26.6. The lowest BCUT2D eigenvalue weighted by atomic mass is 10.0. The topological polar surface area (TPSA) is 37.3 Å². The summed E-state index contributed by atoms with van der Waals surface area (Å²) in [6, 6.07) is 0. The van der Waals surface area contributed by atoms with Gasteiger partial charge in [0.1, 0.15) is 0 Å². The van der Waals surface area contributed by atoms with E-state index in [1.807, 2.05) is 0 Å². The van der Waals surface area contributed by atoms with E-state index in [2.05, 4.69) is 30.6 Å². The monoisotopic (exact) mass is 416 g/mol. The van der Waals surface area contributed by atoms with Crippen LogP contribution in [0.3, 0.4) is 0 Å². The summed E-state index contributed by atoms with van der Waals surface area (Å²) in [4.78, 5) is 10.4. The summed E-state index contributed by atoms with van der Waals surface area (Å²) >= 11 is 0. The third-order valence-electron chi connectivity index (χ3n) is 5.59. The first-order valence-electron chi connectivity index (χ1n) is 12.9. The van der Waals surface area contributed by atoms with Gasteiger partial charge in [0.25, 0.3) is 0 Å². The highest BCUT2D eigenvalue weighted by Gasteiger charge is 1.96. The van der Waals surface area contributed by atoms with Crippen LogP contribution in [0.5, 0.6) is 0 Å². The van der Waals surface area contributed by atoms with Crippen molar-refractivity contribution in [3.8, 4) is 23.7 Å². The number of unbranched alkanes of at least 4 members (excludes halogenated alkanes) is 19. The van der Waals surface area contributed by atoms with E-state index in [0.29, 0.717) is 6.42 Å². The summed E-state index contributed by atoms with van der Waals surface area (Å²) < 4.78 is 0. The molecule has 2 heteroatoms. The van der Waals surface area contributed by atoms with Gasteiger partial charge in [0, 0.05) is 19.3 Å². The maximum atomic E-state index is 10.4. The lowest BCUT2D eigenvalue weighted by Gasteiger charge is -2.02. The molecule has 0 saturated heterocycles. The Morgan fingerprint density at radius 2 is 0.867 bits per heavy atom. The lowest BCUT2D eigenvalue weighted by molar-refractivity contribution is -0.137. The third-order valence-corrected chi connectivity index (χ3v) is 5.59. The van der Waals surface area contributed by atoms with Crippen molar-refractivity contribution >= 4 is 5.97 Å². The van der Waals surface area contributed by atoms with Gasteiger partial charge >= 0.3 is 5.97 Å². The molecule has 0 spiro atoms. The largest absolute Gasteiger partial charge is 0.481 e. The highest BCUT2D eigenvalue weighted by molar-refractivity contribution is 5.66. The molecule has 0 rings (SSSR count). The zero-order chi connectivity index (χ0) is 22.0. The molecule has 0 radical (unpaired) electrons. The Morgan fingerprint density at radius 3 is 1.23 bits per heavy atom. The van der Waals surface area contributed by atoms with Crippen molar-refractivity contribution in [3.05, 3.63) is 0 Å². The second-order valence-corrected chi connectivity index (χ2v) is 8.61. The second-order valence-electron chi connectivity index (χ2n) is 8.61. The fraction of sp³-hybridized carbons (Fsp3) is 0.821. The summed E-state index contributed by atoms with van der Waals surface area (Å²) in [5, 5.41) is 8.57. The minimum absolute atomic E-state index is 0.300. The van der Waals surface area contributed by atoms with Gasteiger partial charge in [-0.1, -0.05) is 121 Å². The van der Waals surface area contributed by atoms with Crippen molar-refractivity contribution < 1.29 is 9.90 Å². The van der Waals surface area contributed by atoms with Crippen molar-refractivity contribution in [1.82, 2.24) is 0 Å². The molecule has 0 heterocycles. The standard InChI is InChI=1S/C28H48O2/c1-2-3-4-5-6-7-8-9-10-11-12-13-14-15-16-17-18-19-20-21-22-23-24-25-26-27-28(29)30/h2-16,21-27H2,1H3,(H,29,30). The molecule has 0 atom stereocenters. The fourth-order valence-corrected chi connectivity index (χ4v) is 3.64. The summed E-state index contributed by atoms with van der Waals surface area (Å²) in [5.41, 5.74) is 0. The van der Waals surface area contributed by atoms with Gasteiger partial charge in [-0.25, -0.2) is 0 Å². The van der Waals surface area contributed by atoms with Crippen LogP contribution in [0.2, 0.25) is 0 Å². The van der Waals surface area contributed by atoms with Crippen molar-refractivity contribution in [2.45, 2.75) is 148 Å². The SMILES string of the molecule is CCCCCCCCCCCCCCCCC#CC#CCCCCCCCC(=O)O. The lowest BCUT2D eigenvalue weighted by Crippen LogP contribution is -1.93. The van der Waals surface area contributed by atoms with Crippen LogP contribution in [0.4, 0.5) is 0 Å². The van der Waals surface area contributed by atoms with Crippen molar-refractivity contribution in [3.63, 3.8) is 0 Å². The Balaban J connectivity index is 3.22. The molecule has 0 amide bonds. The normalized spacial score (nSPS) is 10.2. The molecule has 0 unspecified atom stereocenters. The van der Waals surface area contributed by atoms with Gasteiger partial charge in [0.05, 0.1) is 0 Å². The van der Waals surface area contributed by atoms with Gasteiger partial charge in [-0.3, -0.25) is 4.79 Å². The molecular weight excluding hydrogens is 368 g/mol. The Kier molecular flexibility index (Phi) is 24.4. The Bertz CT molecular complexity index is 486. The van der Waals surface area contributed by atoms with Crippen LogP contribution >= 0.6 is 0 Å². The summed E-state index contributed by atoms with van der Waals surface area (Å²) in [6.45, 7) is 2.28. The molecule has 0 saturated carbocycles. The average molecular weight is 417 g/mol. The second kappa shape index (κ2) is 25.6. The minimum atomic E-state index is -0.687. The molecule has 0 aliphatic heterocycles. The number of carboxylic acid groups (broad SMARTS) is 1. The first kappa shape index (κ1) is 28.6. The van der Waals surface area contributed by atoms with E-state index in [-0.39, 0.29) is 0 Å². The van der Waals surface area contributed by atoms with E-state index < -0.39 is 5.97 Å². The molecule has 172 valence electrons. The van der Waals surface area contributed by atoms with Gasteiger partial charge in [-0.15, -0.1) is 0 Å². The van der Waals surface area contributed by atoms with Crippen molar-refractivity contribution in [1.29, 1.82) is 0 Å². The van der Waals surface area contributed by atoms with Crippen LogP contribution in [0.15, 0.2) is 0 Å². The van der Waals surface area contributed by atoms with Gasteiger partial charge in [-0.2, -0.15) is 0 Å². The number of hydrogen-bond donors (Lipinski definition) is 1. The summed E-state index contributed by atoms with van der Waals surface area (Å²) in [7, 11) is 0. The predicted octanol–water partition coefficient (Wildman–Crippen LogP) is 8.68. The zero-order valence-corrected chi connectivity index (χ0v) is 19.9. The van der Waals surface area contributed by atoms with Crippen molar-refractivity contribution in [2.24, 2.45) is 0 Å². The van der Waals surface area contributed by atoms with Crippen LogP contribution in [-0.4, -0.2) is 11.1 Å². The van der Waals surface area contributed by atoms with Gasteiger partial charge in [-0.05, 0) is 31.1 Å². The number of aliphatic carboxylic acids is 1. The summed E-state index contributed by atoms with van der Waals surface area (Å²) in [5.74, 6) is 11.6. The van der Waals surface area contributed by atoms with E-state index in [4.69, 9.17) is 5.11 Å². The Hall–Kier alpha value is -1.41. The number of hydrogen-bond acceptors (Lipinski definition) is 1. The first-order chi connectivity index (χ1) is 14.8. The van der Waals surface area contributed by atoms with Crippen LogP contribution in [0.25, 0.3) is 0 Å². The average Bonchev–Trinajstić information content (AvgIpc) is 2.73. The molecule has 30 heavy (non-hydrogen) atoms. The van der Waals surface area contributed by atoms with Crippen LogP contribution in [0.1, 0.15) is 148 Å². The van der Waals surface area contributed by atoms with E-state index in [1.165, 1.54) is 89.9 Å². The molecule has 0 aliphatic rings. The molecule has 1 N–H and O–H groups in total. The molecule has 0 fully saturated rings. The number of rotatable bonds is 21. The molecular formula is C28H48O2. The maximum Gasteiger partial charge on any atom is 0.303 e. The maximum absolute atomic E-state index is 10.4. The number of carboxylic acids is 1. The molecule has 0 aromatic rings. The smallest absolute Gasteiger partial charge is 0.303 e. The predicted molar refractivity (Wildman–Crippen MR) is 130 cm³/mol. The van der Waals surface area contributed by atoms with E-state index >= 15 is 0 Å². The molecule has 0 aromatic heterocycles. The first-order valence-corrected chi connectivity index (χ1v) is 12.9. The highest BCUT2D eigenvalue weighted by atomic mass is 16.4. The molecule has 0 aromatic carbocycles. The Morgan fingerprint density at radius 1 is 0.533 bits per heavy atom. The van der Waals surface area contributed by atoms with Gasteiger partial charge < -0.3 is 5.11 Å². The Labute approximate surface area is 188 Å². The van der Waals surface area contributed by atoms with E-state index in [9.17, 15) is 4.79 Å². The quantitative estimate of drug-likeness (QED) is 0.150. The van der Waals surface area contributed by atoms with Crippen LogP contribution in [-0.2, 0) is 4.79 Å². The van der Waals surface area contributed by atoms with Crippen molar-refractivity contribution in [2.75, 3.05) is 0 Å². The van der Waals surface area contributed by atoms with Gasteiger partial charge in [0.15, 0.2) is 0 Å². The zero-order valence-electron chi connectivity index (χ0n) is 19.9. The van der Waals surface area contributed by atoms with Crippen LogP contribution in [0, 0.1) is 23.7 Å². The molecule has 0 aliphatic carbocycles. The van der Waals surface area contributed by atoms with Gasteiger partial charge in [0.2, 0.25) is 0 Å². The fourth-order valence-electron chi connectivity index (χ4n) is 3.64. The minimum Gasteiger partial charge on any atom is -0.481 e. The van der Waals surface area contributed by atoms with Crippen LogP contribution < -0.4 is 0 Å². The van der Waals surface area contributed by atoms with E-state index in [0.717, 1.165) is 44.9 Å². The molecule has 0 bridgehead atoms. The number of carbonyl (C=O) groups is 1.